The van der Waals surface area contributed by atoms with Crippen LogP contribution in [0.1, 0.15) is 46.5 Å². The molecule has 0 radical (unpaired) electrons. The van der Waals surface area contributed by atoms with Crippen molar-refractivity contribution in [3.63, 3.8) is 0 Å². The molecule has 0 aromatic rings. The zero-order chi connectivity index (χ0) is 23.1. The number of nitrogens with zero attached hydrogens (tertiary/aromatic N) is 2. The summed E-state index contributed by atoms with van der Waals surface area (Å²) in [6.45, 7) is 6.06. The van der Waals surface area contributed by atoms with Crippen LogP contribution in [-0.4, -0.2) is 71.5 Å². The molecule has 1 saturated heterocycles. The number of ether oxygens (including phenoxy) is 2. The van der Waals surface area contributed by atoms with Crippen LogP contribution in [0.25, 0.3) is 0 Å². The first-order chi connectivity index (χ1) is 15.1. The van der Waals surface area contributed by atoms with Crippen LogP contribution in [0.15, 0.2) is 28.9 Å². The molecule has 0 aromatic heterocycles. The number of ketones is 1. The molecular weight excluding hydrogens is 408 g/mol. The second-order valence-corrected chi connectivity index (χ2v) is 11.0. The van der Waals surface area contributed by atoms with Crippen LogP contribution >= 0.6 is 0 Å². The Labute approximate surface area is 190 Å². The van der Waals surface area contributed by atoms with Crippen molar-refractivity contribution in [1.29, 1.82) is 0 Å². The number of aliphatic hydroxyl groups excluding tert-OH is 2. The molecule has 176 valence electrons. The third-order valence-corrected chi connectivity index (χ3v) is 9.26. The number of hydrazone groups is 1. The minimum absolute atomic E-state index is 0.0431. The highest BCUT2D eigenvalue weighted by molar-refractivity contribution is 6.01. The minimum Gasteiger partial charge on any atom is -0.393 e. The van der Waals surface area contributed by atoms with Crippen LogP contribution in [0.3, 0.4) is 0 Å². The van der Waals surface area contributed by atoms with Crippen molar-refractivity contribution in [3.8, 4) is 0 Å². The fourth-order valence-corrected chi connectivity index (χ4v) is 8.23. The Hall–Kier alpha value is -1.54. The summed E-state index contributed by atoms with van der Waals surface area (Å²) >= 11 is 0. The summed E-state index contributed by atoms with van der Waals surface area (Å²) in [5.74, 6) is 0.620. The number of hydrogen-bond acceptors (Lipinski definition) is 7. The number of aliphatic hydroxyl groups is 2. The van der Waals surface area contributed by atoms with Crippen molar-refractivity contribution in [3.05, 3.63) is 23.8 Å². The summed E-state index contributed by atoms with van der Waals surface area (Å²) in [5, 5.41) is 28.4. The molecule has 7 heteroatoms. The molecule has 7 nitrogen and oxygen atoms in total. The van der Waals surface area contributed by atoms with Crippen LogP contribution < -0.4 is 0 Å². The maximum absolute atomic E-state index is 12.0. The summed E-state index contributed by atoms with van der Waals surface area (Å²) in [6, 6.07) is 0. The maximum Gasteiger partial charge on any atom is 0.178 e. The first kappa shape index (κ1) is 22.3. The van der Waals surface area contributed by atoms with Gasteiger partial charge in [-0.15, -0.1) is 0 Å². The van der Waals surface area contributed by atoms with Gasteiger partial charge in [0, 0.05) is 30.8 Å². The van der Waals surface area contributed by atoms with Gasteiger partial charge >= 0.3 is 0 Å². The largest absolute Gasteiger partial charge is 0.393 e. The predicted octanol–water partition coefficient (Wildman–Crippen LogP) is 2.29. The molecule has 9 atom stereocenters. The number of carbonyl (C=O) groups is 1. The normalized spacial score (nSPS) is 49.8. The summed E-state index contributed by atoms with van der Waals surface area (Å²) in [6.07, 6.45) is 7.48. The third kappa shape index (κ3) is 2.74. The molecule has 2 N–H and O–H groups in total. The van der Waals surface area contributed by atoms with E-state index in [1.165, 1.54) is 0 Å². The van der Waals surface area contributed by atoms with E-state index in [1.807, 2.05) is 27.1 Å². The summed E-state index contributed by atoms with van der Waals surface area (Å²) in [7, 11) is 3.68. The average Bonchev–Trinajstić information content (AvgIpc) is 3.16. The highest BCUT2D eigenvalue weighted by atomic mass is 16.7. The molecule has 1 unspecified atom stereocenters. The van der Waals surface area contributed by atoms with Crippen LogP contribution in [0.5, 0.6) is 0 Å². The lowest BCUT2D eigenvalue weighted by molar-refractivity contribution is -0.171. The van der Waals surface area contributed by atoms with E-state index in [2.05, 4.69) is 18.9 Å². The second kappa shape index (κ2) is 7.23. The highest BCUT2D eigenvalue weighted by Crippen LogP contribution is 2.69. The SMILES string of the molecule is CC1O[C@@H]2C[C@H]3[C@@H]4CCC5=CC(=O)C=C[C@]5(C)[C@H]4[C@@H](O)C[C@]3(C)[C@]2(/C(CO)=N/N(C)C)O1. The zero-order valence-electron chi connectivity index (χ0n) is 19.7. The topological polar surface area (TPSA) is 91.6 Å². The Kier molecular flexibility index (Phi) is 5.03. The lowest BCUT2D eigenvalue weighted by Crippen LogP contribution is -2.63. The van der Waals surface area contributed by atoms with Gasteiger partial charge in [0.25, 0.3) is 0 Å². The standard InChI is InChI=1S/C25H36N2O5/c1-14-31-21-11-18-17-7-6-15-10-16(29)8-9-23(15,2)22(17)19(30)12-24(18,3)25(21,32-14)20(13-28)26-27(4)5/h8-10,14,17-19,21-22,28,30H,6-7,11-13H2,1-5H3/b26-20+/t14?,17-,18-,19-,21+,22+,23-,24-,25+/m0/s1. The number of allylic oxidation sites excluding steroid dienone is 4. The van der Waals surface area contributed by atoms with Crippen molar-refractivity contribution in [2.75, 3.05) is 20.7 Å². The second-order valence-electron chi connectivity index (χ2n) is 11.0. The number of hydrogen-bond donors (Lipinski definition) is 2. The van der Waals surface area contributed by atoms with Gasteiger partial charge in [-0.2, -0.15) is 5.10 Å². The van der Waals surface area contributed by atoms with Gasteiger partial charge in [-0.3, -0.25) is 4.79 Å². The average molecular weight is 445 g/mol. The molecule has 1 heterocycles. The molecule has 0 amide bonds. The third-order valence-electron chi connectivity index (χ3n) is 9.26. The van der Waals surface area contributed by atoms with Crippen molar-refractivity contribution < 1.29 is 24.5 Å². The molecule has 4 fully saturated rings. The molecule has 5 aliphatic rings. The first-order valence-electron chi connectivity index (χ1n) is 11.9. The molecule has 4 aliphatic carbocycles. The first-order valence-corrected chi connectivity index (χ1v) is 11.9. The highest BCUT2D eigenvalue weighted by Gasteiger charge is 2.74. The number of carbonyl (C=O) groups excluding carboxylic acids is 1. The van der Waals surface area contributed by atoms with Crippen molar-refractivity contribution in [2.24, 2.45) is 33.7 Å². The number of rotatable bonds is 3. The van der Waals surface area contributed by atoms with Gasteiger partial charge in [-0.1, -0.05) is 25.5 Å². The maximum atomic E-state index is 12.0. The van der Waals surface area contributed by atoms with Crippen molar-refractivity contribution in [2.45, 2.75) is 70.6 Å². The summed E-state index contributed by atoms with van der Waals surface area (Å²) in [5.41, 5.74) is 0.130. The van der Waals surface area contributed by atoms with Gasteiger partial charge in [0.2, 0.25) is 0 Å². The van der Waals surface area contributed by atoms with Gasteiger partial charge in [0.05, 0.1) is 24.5 Å². The lowest BCUT2D eigenvalue weighted by Gasteiger charge is -2.60. The quantitative estimate of drug-likeness (QED) is 0.513. The van der Waals surface area contributed by atoms with E-state index >= 15 is 0 Å². The monoisotopic (exact) mass is 444 g/mol. The van der Waals surface area contributed by atoms with Crippen LogP contribution in [0.4, 0.5) is 0 Å². The van der Waals surface area contributed by atoms with Crippen molar-refractivity contribution >= 4 is 11.5 Å². The summed E-state index contributed by atoms with van der Waals surface area (Å²) in [4.78, 5) is 12.0. The Morgan fingerprint density at radius 1 is 1.34 bits per heavy atom. The van der Waals surface area contributed by atoms with Gasteiger partial charge < -0.3 is 24.7 Å². The predicted molar refractivity (Wildman–Crippen MR) is 120 cm³/mol. The lowest BCUT2D eigenvalue weighted by atomic mass is 9.46. The smallest absolute Gasteiger partial charge is 0.178 e. The van der Waals surface area contributed by atoms with E-state index in [0.29, 0.717) is 12.1 Å². The van der Waals surface area contributed by atoms with Gasteiger partial charge in [-0.25, -0.2) is 0 Å². The van der Waals surface area contributed by atoms with Gasteiger partial charge in [0.1, 0.15) is 5.60 Å². The fraction of sp³-hybridized carbons (Fsp3) is 0.760. The molecule has 3 saturated carbocycles. The molecule has 32 heavy (non-hydrogen) atoms. The van der Waals surface area contributed by atoms with Crippen LogP contribution in [0.2, 0.25) is 0 Å². The molecule has 0 aromatic carbocycles. The molecule has 0 bridgehead atoms. The Balaban J connectivity index is 1.60. The molecule has 0 spiro atoms. The van der Waals surface area contributed by atoms with Crippen LogP contribution in [0, 0.1) is 28.6 Å². The van der Waals surface area contributed by atoms with E-state index in [1.54, 1.807) is 17.2 Å². The molecule has 5 rings (SSSR count). The van der Waals surface area contributed by atoms with Gasteiger partial charge in [0.15, 0.2) is 12.1 Å². The van der Waals surface area contributed by atoms with E-state index in [4.69, 9.17) is 9.47 Å². The van der Waals surface area contributed by atoms with Gasteiger partial charge in [-0.05, 0) is 56.6 Å². The summed E-state index contributed by atoms with van der Waals surface area (Å²) < 4.78 is 12.8. The van der Waals surface area contributed by atoms with E-state index < -0.39 is 23.4 Å². The Morgan fingerprint density at radius 3 is 2.78 bits per heavy atom. The molecule has 1 aliphatic heterocycles. The van der Waals surface area contributed by atoms with E-state index in [9.17, 15) is 15.0 Å². The Morgan fingerprint density at radius 2 is 2.09 bits per heavy atom. The Bertz CT molecular complexity index is 912. The minimum atomic E-state index is -0.864. The van der Waals surface area contributed by atoms with E-state index in [-0.39, 0.29) is 41.7 Å². The fourth-order valence-electron chi connectivity index (χ4n) is 8.23. The number of fused-ring (bicyclic) bond motifs is 7. The van der Waals surface area contributed by atoms with E-state index in [0.717, 1.165) is 24.8 Å². The zero-order valence-corrected chi connectivity index (χ0v) is 19.7. The molecular formula is C25H36N2O5. The van der Waals surface area contributed by atoms with Crippen LogP contribution in [-0.2, 0) is 14.3 Å². The van der Waals surface area contributed by atoms with Crippen molar-refractivity contribution in [1.82, 2.24) is 5.01 Å².